The molecule has 0 radical (unpaired) electrons. The van der Waals surface area contributed by atoms with Crippen molar-refractivity contribution in [3.63, 3.8) is 0 Å². The molecule has 0 aliphatic rings. The summed E-state index contributed by atoms with van der Waals surface area (Å²) in [6.45, 7) is 2.03. The molecule has 6 nitrogen and oxygen atoms in total. The maximum atomic E-state index is 11.9. The Morgan fingerprint density at radius 1 is 1.45 bits per heavy atom. The first kappa shape index (κ1) is 15.8. The van der Waals surface area contributed by atoms with Crippen LogP contribution in [0.5, 0.6) is 5.75 Å². The molecule has 1 atom stereocenters. The summed E-state index contributed by atoms with van der Waals surface area (Å²) in [5, 5.41) is 11.4. The summed E-state index contributed by atoms with van der Waals surface area (Å²) in [5.41, 5.74) is 0.921. The van der Waals surface area contributed by atoms with Gasteiger partial charge in [0, 0.05) is 13.6 Å². The number of nitrogens with zero attached hydrogens (tertiary/aromatic N) is 1. The largest absolute Gasteiger partial charge is 0.497 e. The van der Waals surface area contributed by atoms with Crippen LogP contribution in [0.1, 0.15) is 24.9 Å². The molecule has 110 valence electrons. The Morgan fingerprint density at radius 2 is 2.15 bits per heavy atom. The van der Waals surface area contributed by atoms with Gasteiger partial charge in [-0.3, -0.25) is 4.79 Å². The van der Waals surface area contributed by atoms with E-state index in [9.17, 15) is 9.59 Å². The van der Waals surface area contributed by atoms with Crippen molar-refractivity contribution >= 4 is 12.0 Å². The standard InChI is InChI=1S/C14H20N2O4/c1-10(11-5-4-6-12(9-11)20-3)15-14(19)16(2)8-7-13(17)18/h4-6,9-10H,7-8H2,1-3H3,(H,15,19)(H,17,18). The lowest BCUT2D eigenvalue weighted by atomic mass is 10.1. The minimum absolute atomic E-state index is 0.0720. The number of amides is 2. The van der Waals surface area contributed by atoms with Crippen molar-refractivity contribution in [2.75, 3.05) is 20.7 Å². The third kappa shape index (κ3) is 4.79. The zero-order valence-corrected chi connectivity index (χ0v) is 11.9. The van der Waals surface area contributed by atoms with Gasteiger partial charge in [0.15, 0.2) is 0 Å². The molecule has 2 N–H and O–H groups in total. The third-order valence-electron chi connectivity index (χ3n) is 2.94. The molecule has 2 amide bonds. The van der Waals surface area contributed by atoms with Crippen LogP contribution in [0.3, 0.4) is 0 Å². The first-order valence-corrected chi connectivity index (χ1v) is 6.31. The van der Waals surface area contributed by atoms with Crippen molar-refractivity contribution in [3.8, 4) is 5.75 Å². The average Bonchev–Trinajstić information content (AvgIpc) is 2.44. The lowest BCUT2D eigenvalue weighted by Crippen LogP contribution is -2.39. The van der Waals surface area contributed by atoms with Crippen LogP contribution in [-0.4, -0.2) is 42.7 Å². The van der Waals surface area contributed by atoms with Crippen molar-refractivity contribution < 1.29 is 19.4 Å². The summed E-state index contributed by atoms with van der Waals surface area (Å²) in [6, 6.07) is 6.93. The zero-order chi connectivity index (χ0) is 15.1. The maximum absolute atomic E-state index is 11.9. The van der Waals surface area contributed by atoms with Crippen LogP contribution < -0.4 is 10.1 Å². The van der Waals surface area contributed by atoms with Crippen LogP contribution in [0.2, 0.25) is 0 Å². The predicted molar refractivity (Wildman–Crippen MR) is 74.8 cm³/mol. The maximum Gasteiger partial charge on any atom is 0.317 e. The Morgan fingerprint density at radius 3 is 2.75 bits per heavy atom. The van der Waals surface area contributed by atoms with E-state index in [0.29, 0.717) is 0 Å². The lowest BCUT2D eigenvalue weighted by molar-refractivity contribution is -0.137. The molecule has 0 saturated carbocycles. The smallest absolute Gasteiger partial charge is 0.317 e. The highest BCUT2D eigenvalue weighted by atomic mass is 16.5. The normalized spacial score (nSPS) is 11.6. The quantitative estimate of drug-likeness (QED) is 0.833. The highest BCUT2D eigenvalue weighted by Crippen LogP contribution is 2.18. The molecular formula is C14H20N2O4. The number of aliphatic carboxylic acids is 1. The van der Waals surface area contributed by atoms with Crippen LogP contribution in [0.25, 0.3) is 0 Å². The number of benzene rings is 1. The minimum Gasteiger partial charge on any atom is -0.497 e. The summed E-state index contributed by atoms with van der Waals surface area (Å²) in [4.78, 5) is 23.7. The minimum atomic E-state index is -0.925. The number of nitrogens with one attached hydrogen (secondary N) is 1. The van der Waals surface area contributed by atoms with Crippen LogP contribution >= 0.6 is 0 Å². The van der Waals surface area contributed by atoms with Crippen LogP contribution in [0.4, 0.5) is 4.79 Å². The van der Waals surface area contributed by atoms with Gasteiger partial charge in [-0.25, -0.2) is 4.79 Å². The second-order valence-corrected chi connectivity index (χ2v) is 4.51. The Hall–Kier alpha value is -2.24. The lowest BCUT2D eigenvalue weighted by Gasteiger charge is -2.21. The topological polar surface area (TPSA) is 78.9 Å². The van der Waals surface area contributed by atoms with Crippen molar-refractivity contribution in [1.29, 1.82) is 0 Å². The van der Waals surface area contributed by atoms with E-state index in [1.165, 1.54) is 4.90 Å². The number of carboxylic acid groups (broad SMARTS) is 1. The molecule has 1 aromatic carbocycles. The molecule has 20 heavy (non-hydrogen) atoms. The highest BCUT2D eigenvalue weighted by Gasteiger charge is 2.14. The van der Waals surface area contributed by atoms with Gasteiger partial charge in [0.25, 0.3) is 0 Å². The number of carboxylic acids is 1. The van der Waals surface area contributed by atoms with Crippen LogP contribution in [0, 0.1) is 0 Å². The molecule has 0 bridgehead atoms. The van der Waals surface area contributed by atoms with E-state index in [0.717, 1.165) is 11.3 Å². The second-order valence-electron chi connectivity index (χ2n) is 4.51. The highest BCUT2D eigenvalue weighted by molar-refractivity contribution is 5.75. The van der Waals surface area contributed by atoms with Crippen LogP contribution in [0.15, 0.2) is 24.3 Å². The second kappa shape index (κ2) is 7.37. The van der Waals surface area contributed by atoms with Crippen molar-refractivity contribution in [2.24, 2.45) is 0 Å². The molecule has 1 unspecified atom stereocenters. The van der Waals surface area contributed by atoms with E-state index in [1.807, 2.05) is 31.2 Å². The fourth-order valence-corrected chi connectivity index (χ4v) is 1.65. The molecule has 0 aliphatic heterocycles. The summed E-state index contributed by atoms with van der Waals surface area (Å²) in [7, 11) is 3.15. The van der Waals surface area contributed by atoms with Gasteiger partial charge < -0.3 is 20.1 Å². The van der Waals surface area contributed by atoms with Crippen molar-refractivity contribution in [2.45, 2.75) is 19.4 Å². The molecule has 6 heteroatoms. The summed E-state index contributed by atoms with van der Waals surface area (Å²) in [5.74, 6) is -0.201. The first-order valence-electron chi connectivity index (χ1n) is 6.31. The summed E-state index contributed by atoms with van der Waals surface area (Å²) >= 11 is 0. The number of carbonyl (C=O) groups excluding carboxylic acids is 1. The number of urea groups is 1. The predicted octanol–water partition coefficient (Wildman–Crippen LogP) is 1.87. The van der Waals surface area contributed by atoms with Gasteiger partial charge in [0.05, 0.1) is 19.6 Å². The van der Waals surface area contributed by atoms with E-state index in [1.54, 1.807) is 14.2 Å². The Balaban J connectivity index is 2.57. The van der Waals surface area contributed by atoms with Gasteiger partial charge in [-0.1, -0.05) is 12.1 Å². The molecule has 0 saturated heterocycles. The number of methoxy groups -OCH3 is 1. The molecule has 0 fully saturated rings. The monoisotopic (exact) mass is 280 g/mol. The molecule has 1 aromatic rings. The van der Waals surface area contributed by atoms with E-state index < -0.39 is 5.97 Å². The fraction of sp³-hybridized carbons (Fsp3) is 0.429. The van der Waals surface area contributed by atoms with Gasteiger partial charge in [0.1, 0.15) is 5.75 Å². The first-order chi connectivity index (χ1) is 9.43. The van der Waals surface area contributed by atoms with Crippen molar-refractivity contribution in [1.82, 2.24) is 10.2 Å². The zero-order valence-electron chi connectivity index (χ0n) is 11.9. The molecular weight excluding hydrogens is 260 g/mol. The number of carbonyl (C=O) groups is 2. The fourth-order valence-electron chi connectivity index (χ4n) is 1.65. The summed E-state index contributed by atoms with van der Waals surface area (Å²) < 4.78 is 5.13. The number of ether oxygens (including phenoxy) is 1. The molecule has 0 aromatic heterocycles. The Kier molecular flexibility index (Phi) is 5.83. The third-order valence-corrected chi connectivity index (χ3v) is 2.94. The van der Waals surface area contributed by atoms with Gasteiger partial charge in [-0.05, 0) is 24.6 Å². The van der Waals surface area contributed by atoms with Crippen molar-refractivity contribution in [3.05, 3.63) is 29.8 Å². The Bertz CT molecular complexity index is 476. The average molecular weight is 280 g/mol. The molecule has 0 spiro atoms. The van der Waals surface area contributed by atoms with E-state index in [4.69, 9.17) is 9.84 Å². The van der Waals surface area contributed by atoms with Gasteiger partial charge in [-0.2, -0.15) is 0 Å². The number of hydrogen-bond acceptors (Lipinski definition) is 3. The van der Waals surface area contributed by atoms with E-state index in [2.05, 4.69) is 5.32 Å². The molecule has 1 rings (SSSR count). The van der Waals surface area contributed by atoms with E-state index >= 15 is 0 Å². The Labute approximate surface area is 118 Å². The SMILES string of the molecule is COc1cccc(C(C)NC(=O)N(C)CCC(=O)O)c1. The van der Waals surface area contributed by atoms with Gasteiger partial charge >= 0.3 is 12.0 Å². The van der Waals surface area contributed by atoms with E-state index in [-0.39, 0.29) is 25.0 Å². The van der Waals surface area contributed by atoms with Crippen LogP contribution in [-0.2, 0) is 4.79 Å². The number of hydrogen-bond donors (Lipinski definition) is 2. The van der Waals surface area contributed by atoms with Gasteiger partial charge in [0.2, 0.25) is 0 Å². The number of rotatable bonds is 6. The summed E-state index contributed by atoms with van der Waals surface area (Å²) in [6.07, 6.45) is -0.0720. The molecule has 0 aliphatic carbocycles. The molecule has 0 heterocycles. The van der Waals surface area contributed by atoms with Gasteiger partial charge in [-0.15, -0.1) is 0 Å².